The van der Waals surface area contributed by atoms with Crippen molar-refractivity contribution < 1.29 is 9.53 Å². The molecule has 106 valence electrons. The molecule has 4 nitrogen and oxygen atoms in total. The highest BCUT2D eigenvalue weighted by molar-refractivity contribution is 9.10. The summed E-state index contributed by atoms with van der Waals surface area (Å²) in [6.45, 7) is 3.67. The Morgan fingerprint density at radius 1 is 1.42 bits per heavy atom. The van der Waals surface area contributed by atoms with Gasteiger partial charge in [0.15, 0.2) is 0 Å². The van der Waals surface area contributed by atoms with Gasteiger partial charge in [0.1, 0.15) is 0 Å². The van der Waals surface area contributed by atoms with Crippen LogP contribution >= 0.6 is 15.9 Å². The fourth-order valence-corrected chi connectivity index (χ4v) is 2.32. The van der Waals surface area contributed by atoms with Gasteiger partial charge in [-0.25, -0.2) is 0 Å². The predicted octanol–water partition coefficient (Wildman–Crippen LogP) is 2.25. The van der Waals surface area contributed by atoms with E-state index < -0.39 is 0 Å². The lowest BCUT2D eigenvalue weighted by molar-refractivity contribution is -0.120. The number of carbonyl (C=O) groups excluding carboxylic acids is 1. The summed E-state index contributed by atoms with van der Waals surface area (Å²) in [5.41, 5.74) is 1.15. The molecule has 5 heteroatoms. The van der Waals surface area contributed by atoms with Gasteiger partial charge in [-0.2, -0.15) is 0 Å². The summed E-state index contributed by atoms with van der Waals surface area (Å²) < 4.78 is 5.97. The van der Waals surface area contributed by atoms with E-state index in [1.807, 2.05) is 31.2 Å². The first kappa shape index (κ1) is 16.1. The van der Waals surface area contributed by atoms with E-state index in [1.165, 1.54) is 0 Å². The molecule has 0 heterocycles. The van der Waals surface area contributed by atoms with Crippen LogP contribution < -0.4 is 10.6 Å². The van der Waals surface area contributed by atoms with Crippen LogP contribution in [0.2, 0.25) is 0 Å². The first-order chi connectivity index (χ1) is 9.15. The zero-order valence-corrected chi connectivity index (χ0v) is 13.0. The van der Waals surface area contributed by atoms with Gasteiger partial charge >= 0.3 is 0 Å². The highest BCUT2D eigenvalue weighted by Gasteiger charge is 2.09. The van der Waals surface area contributed by atoms with Gasteiger partial charge < -0.3 is 15.4 Å². The lowest BCUT2D eigenvalue weighted by Crippen LogP contribution is -2.35. The normalized spacial score (nSPS) is 12.2. The number of amides is 1. The second-order valence-corrected chi connectivity index (χ2v) is 5.17. The molecule has 1 aromatic rings. The minimum Gasteiger partial charge on any atom is -0.385 e. The molecule has 1 amide bonds. The standard InChI is InChI=1S/C14H21BrN2O2/c1-11(12-6-3-4-7-13(12)15)17-10-14(18)16-8-5-9-19-2/h3-4,6-7,11,17H,5,8-10H2,1-2H3,(H,16,18)/t11-/m1/s1. The van der Waals surface area contributed by atoms with Crippen LogP contribution in [-0.2, 0) is 9.53 Å². The summed E-state index contributed by atoms with van der Waals surface area (Å²) >= 11 is 3.51. The summed E-state index contributed by atoms with van der Waals surface area (Å²) in [5, 5.41) is 6.05. The number of methoxy groups -OCH3 is 1. The summed E-state index contributed by atoms with van der Waals surface area (Å²) in [7, 11) is 1.66. The van der Waals surface area contributed by atoms with Crippen molar-refractivity contribution >= 4 is 21.8 Å². The largest absolute Gasteiger partial charge is 0.385 e. The summed E-state index contributed by atoms with van der Waals surface area (Å²) in [4.78, 5) is 11.6. The van der Waals surface area contributed by atoms with E-state index in [2.05, 4.69) is 26.6 Å². The van der Waals surface area contributed by atoms with Crippen LogP contribution in [0.1, 0.15) is 24.9 Å². The molecule has 0 spiro atoms. The molecule has 1 rings (SSSR count). The molecule has 0 aromatic heterocycles. The molecular formula is C14H21BrN2O2. The number of halogens is 1. The second kappa shape index (κ2) is 9.07. The number of rotatable bonds is 8. The first-order valence-corrected chi connectivity index (χ1v) is 7.18. The molecular weight excluding hydrogens is 308 g/mol. The molecule has 0 unspecified atom stereocenters. The Morgan fingerprint density at radius 3 is 2.84 bits per heavy atom. The van der Waals surface area contributed by atoms with Crippen LogP contribution in [0.4, 0.5) is 0 Å². The van der Waals surface area contributed by atoms with E-state index >= 15 is 0 Å². The monoisotopic (exact) mass is 328 g/mol. The van der Waals surface area contributed by atoms with Crippen LogP contribution in [0.5, 0.6) is 0 Å². The summed E-state index contributed by atoms with van der Waals surface area (Å²) in [6, 6.07) is 8.13. The van der Waals surface area contributed by atoms with E-state index in [9.17, 15) is 4.79 Å². The molecule has 0 radical (unpaired) electrons. The molecule has 0 saturated heterocycles. The quantitative estimate of drug-likeness (QED) is 0.719. The van der Waals surface area contributed by atoms with E-state index in [4.69, 9.17) is 4.74 Å². The molecule has 0 aliphatic heterocycles. The molecule has 19 heavy (non-hydrogen) atoms. The third kappa shape index (κ3) is 6.18. The smallest absolute Gasteiger partial charge is 0.233 e. The van der Waals surface area contributed by atoms with Gasteiger partial charge in [0.05, 0.1) is 6.54 Å². The van der Waals surface area contributed by atoms with Gasteiger partial charge in [0.2, 0.25) is 5.91 Å². The molecule has 0 bridgehead atoms. The summed E-state index contributed by atoms with van der Waals surface area (Å²) in [5.74, 6) is 0.00927. The number of benzene rings is 1. The van der Waals surface area contributed by atoms with Crippen LogP contribution in [0.25, 0.3) is 0 Å². The van der Waals surface area contributed by atoms with Crippen molar-refractivity contribution in [2.75, 3.05) is 26.8 Å². The lowest BCUT2D eigenvalue weighted by atomic mass is 10.1. The van der Waals surface area contributed by atoms with Gasteiger partial charge in [-0.3, -0.25) is 4.79 Å². The van der Waals surface area contributed by atoms with Gasteiger partial charge in [-0.15, -0.1) is 0 Å². The van der Waals surface area contributed by atoms with Gasteiger partial charge in [0, 0.05) is 30.8 Å². The van der Waals surface area contributed by atoms with Crippen molar-refractivity contribution in [1.29, 1.82) is 0 Å². The zero-order valence-electron chi connectivity index (χ0n) is 11.4. The molecule has 1 atom stereocenters. The SMILES string of the molecule is COCCCNC(=O)CN[C@H](C)c1ccccc1Br. The molecule has 0 aliphatic carbocycles. The minimum atomic E-state index is 0.00927. The van der Waals surface area contributed by atoms with Crippen LogP contribution in [0.3, 0.4) is 0 Å². The third-order valence-electron chi connectivity index (χ3n) is 2.79. The zero-order chi connectivity index (χ0) is 14.1. The van der Waals surface area contributed by atoms with Crippen molar-refractivity contribution in [3.8, 4) is 0 Å². The van der Waals surface area contributed by atoms with Gasteiger partial charge in [-0.1, -0.05) is 34.1 Å². The van der Waals surface area contributed by atoms with Crippen molar-refractivity contribution in [2.24, 2.45) is 0 Å². The maximum absolute atomic E-state index is 11.6. The number of carbonyl (C=O) groups is 1. The third-order valence-corrected chi connectivity index (χ3v) is 3.51. The van der Waals surface area contributed by atoms with E-state index in [1.54, 1.807) is 7.11 Å². The van der Waals surface area contributed by atoms with E-state index in [0.29, 0.717) is 19.7 Å². The predicted molar refractivity (Wildman–Crippen MR) is 80.1 cm³/mol. The number of hydrogen-bond acceptors (Lipinski definition) is 3. The van der Waals surface area contributed by atoms with Crippen LogP contribution in [0, 0.1) is 0 Å². The van der Waals surface area contributed by atoms with Gasteiger partial charge in [0.25, 0.3) is 0 Å². The molecule has 2 N–H and O–H groups in total. The van der Waals surface area contributed by atoms with Crippen LogP contribution in [0.15, 0.2) is 28.7 Å². The Kier molecular flexibility index (Phi) is 7.70. The average molecular weight is 329 g/mol. The van der Waals surface area contributed by atoms with Crippen LogP contribution in [-0.4, -0.2) is 32.7 Å². The molecule has 0 saturated carbocycles. The first-order valence-electron chi connectivity index (χ1n) is 6.38. The van der Waals surface area contributed by atoms with Gasteiger partial charge in [-0.05, 0) is 25.0 Å². The van der Waals surface area contributed by atoms with Crippen molar-refractivity contribution in [2.45, 2.75) is 19.4 Å². The number of nitrogens with one attached hydrogen (secondary N) is 2. The number of ether oxygens (including phenoxy) is 1. The molecule has 0 aliphatic rings. The minimum absolute atomic E-state index is 0.00927. The Labute approximate surface area is 123 Å². The fourth-order valence-electron chi connectivity index (χ4n) is 1.69. The Balaban J connectivity index is 2.28. The maximum Gasteiger partial charge on any atom is 0.233 e. The summed E-state index contributed by atoms with van der Waals surface area (Å²) in [6.07, 6.45) is 0.835. The fraction of sp³-hybridized carbons (Fsp3) is 0.500. The Bertz CT molecular complexity index is 399. The van der Waals surface area contributed by atoms with Crippen molar-refractivity contribution in [3.05, 3.63) is 34.3 Å². The van der Waals surface area contributed by atoms with Crippen molar-refractivity contribution in [1.82, 2.24) is 10.6 Å². The topological polar surface area (TPSA) is 50.4 Å². The molecule has 1 aromatic carbocycles. The highest BCUT2D eigenvalue weighted by Crippen LogP contribution is 2.22. The number of hydrogen-bond donors (Lipinski definition) is 2. The average Bonchev–Trinajstić information content (AvgIpc) is 2.41. The Hall–Kier alpha value is -0.910. The Morgan fingerprint density at radius 2 is 2.16 bits per heavy atom. The maximum atomic E-state index is 11.6. The van der Waals surface area contributed by atoms with Crippen molar-refractivity contribution in [3.63, 3.8) is 0 Å². The van der Waals surface area contributed by atoms with E-state index in [-0.39, 0.29) is 11.9 Å². The highest BCUT2D eigenvalue weighted by atomic mass is 79.9. The van der Waals surface area contributed by atoms with E-state index in [0.717, 1.165) is 16.5 Å². The molecule has 0 fully saturated rings. The second-order valence-electron chi connectivity index (χ2n) is 4.32. The lowest BCUT2D eigenvalue weighted by Gasteiger charge is -2.15.